The third kappa shape index (κ3) is 1.58. The van der Waals surface area contributed by atoms with Gasteiger partial charge in [-0.25, -0.2) is 10.8 Å². The zero-order valence-corrected chi connectivity index (χ0v) is 7.40. The average molecular weight is 219 g/mol. The van der Waals surface area contributed by atoms with Crippen LogP contribution in [0.5, 0.6) is 0 Å². The average Bonchev–Trinajstić information content (AvgIpc) is 1.99. The molecule has 0 saturated carbocycles. The molecule has 11 heavy (non-hydrogen) atoms. The number of nitrogens with zero attached hydrogens (tertiary/aromatic N) is 1. The molecule has 0 aromatic carbocycles. The molecule has 0 unspecified atom stereocenters. The van der Waals surface area contributed by atoms with Crippen molar-refractivity contribution in [3.8, 4) is 0 Å². The molecule has 1 rings (SSSR count). The van der Waals surface area contributed by atoms with Crippen molar-refractivity contribution in [2.45, 2.75) is 6.92 Å². The Hall–Kier alpha value is -0.880. The third-order valence-electron chi connectivity index (χ3n) is 1.17. The van der Waals surface area contributed by atoms with E-state index in [1.807, 2.05) is 0 Å². The lowest BCUT2D eigenvalue weighted by atomic mass is 10.4. The van der Waals surface area contributed by atoms with Crippen molar-refractivity contribution in [2.24, 2.45) is 5.84 Å². The molecule has 0 radical (unpaired) electrons. The molecule has 6 heteroatoms. The number of hydrogen-bond acceptors (Lipinski definition) is 4. The number of aromatic amines is 1. The zero-order valence-electron chi connectivity index (χ0n) is 5.81. The molecule has 0 fully saturated rings. The van der Waals surface area contributed by atoms with Crippen LogP contribution in [0, 0.1) is 6.92 Å². The smallest absolute Gasteiger partial charge is 0.266 e. The maximum atomic E-state index is 11.0. The molecular formula is C5H7BrN4O. The van der Waals surface area contributed by atoms with Crippen molar-refractivity contribution in [1.29, 1.82) is 0 Å². The van der Waals surface area contributed by atoms with Crippen molar-refractivity contribution < 1.29 is 0 Å². The fourth-order valence-electron chi connectivity index (χ4n) is 0.640. The van der Waals surface area contributed by atoms with Crippen molar-refractivity contribution in [1.82, 2.24) is 9.97 Å². The highest BCUT2D eigenvalue weighted by molar-refractivity contribution is 9.10. The summed E-state index contributed by atoms with van der Waals surface area (Å²) in [7, 11) is 0. The Labute approximate surface area is 71.1 Å². The van der Waals surface area contributed by atoms with Crippen LogP contribution >= 0.6 is 15.9 Å². The monoisotopic (exact) mass is 218 g/mol. The van der Waals surface area contributed by atoms with E-state index in [0.717, 1.165) is 0 Å². The van der Waals surface area contributed by atoms with Gasteiger partial charge in [-0.2, -0.15) is 0 Å². The van der Waals surface area contributed by atoms with Crippen molar-refractivity contribution in [3.05, 3.63) is 20.5 Å². The Morgan fingerprint density at radius 2 is 2.36 bits per heavy atom. The highest BCUT2D eigenvalue weighted by Gasteiger charge is 2.02. The molecule has 0 amide bonds. The molecule has 4 N–H and O–H groups in total. The van der Waals surface area contributed by atoms with Crippen LogP contribution in [0.1, 0.15) is 5.69 Å². The molecule has 0 aliphatic heterocycles. The number of nitrogens with two attached hydrogens (primary N) is 1. The second kappa shape index (κ2) is 3.02. The van der Waals surface area contributed by atoms with Crippen molar-refractivity contribution in [2.75, 3.05) is 5.43 Å². The maximum Gasteiger partial charge on any atom is 0.266 e. The number of nitrogens with one attached hydrogen (secondary N) is 2. The summed E-state index contributed by atoms with van der Waals surface area (Å²) in [6.07, 6.45) is 0. The fraction of sp³-hybridized carbons (Fsp3) is 0.200. The van der Waals surface area contributed by atoms with Gasteiger partial charge in [0.25, 0.3) is 5.56 Å². The Morgan fingerprint density at radius 1 is 1.73 bits per heavy atom. The lowest BCUT2D eigenvalue weighted by Crippen LogP contribution is -2.18. The minimum atomic E-state index is -0.245. The van der Waals surface area contributed by atoms with E-state index in [4.69, 9.17) is 5.84 Å². The molecule has 0 aliphatic rings. The summed E-state index contributed by atoms with van der Waals surface area (Å²) in [6.45, 7) is 1.71. The van der Waals surface area contributed by atoms with Gasteiger partial charge in [-0.1, -0.05) is 0 Å². The summed E-state index contributed by atoms with van der Waals surface area (Å²) < 4.78 is 0.427. The van der Waals surface area contributed by atoms with Crippen molar-refractivity contribution >= 4 is 21.9 Å². The summed E-state index contributed by atoms with van der Waals surface area (Å²) >= 11 is 3.07. The molecule has 1 heterocycles. The first-order chi connectivity index (χ1) is 5.15. The molecule has 60 valence electrons. The van der Waals surface area contributed by atoms with Crippen LogP contribution in [0.25, 0.3) is 0 Å². The SMILES string of the molecule is Cc1nc(NN)[nH]c(=O)c1Br. The molecule has 1 aromatic heterocycles. The summed E-state index contributed by atoms with van der Waals surface area (Å²) in [5, 5.41) is 0. The lowest BCUT2D eigenvalue weighted by molar-refractivity contribution is 1.03. The van der Waals surface area contributed by atoms with E-state index in [0.29, 0.717) is 10.2 Å². The summed E-state index contributed by atoms with van der Waals surface area (Å²) in [4.78, 5) is 17.3. The Morgan fingerprint density at radius 3 is 2.82 bits per heavy atom. The largest absolute Gasteiger partial charge is 0.294 e. The van der Waals surface area contributed by atoms with E-state index in [1.165, 1.54) is 0 Å². The number of rotatable bonds is 1. The van der Waals surface area contributed by atoms with Crippen LogP contribution in [-0.4, -0.2) is 9.97 Å². The van der Waals surface area contributed by atoms with E-state index in [1.54, 1.807) is 6.92 Å². The minimum Gasteiger partial charge on any atom is -0.294 e. The number of anilines is 1. The normalized spacial score (nSPS) is 9.73. The van der Waals surface area contributed by atoms with E-state index < -0.39 is 0 Å². The quantitative estimate of drug-likeness (QED) is 0.462. The number of H-pyrrole nitrogens is 1. The highest BCUT2D eigenvalue weighted by Crippen LogP contribution is 2.07. The van der Waals surface area contributed by atoms with Gasteiger partial charge in [0.2, 0.25) is 5.95 Å². The molecule has 0 atom stereocenters. The number of hydrazine groups is 1. The number of halogens is 1. The van der Waals surface area contributed by atoms with Crippen LogP contribution in [0.15, 0.2) is 9.27 Å². The first-order valence-electron chi connectivity index (χ1n) is 2.88. The lowest BCUT2D eigenvalue weighted by Gasteiger charge is -2.00. The third-order valence-corrected chi connectivity index (χ3v) is 2.10. The Bertz CT molecular complexity index is 321. The molecule has 0 bridgehead atoms. The number of aryl methyl sites for hydroxylation is 1. The predicted octanol–water partition coefficient (Wildman–Crippen LogP) is 0.126. The molecule has 0 spiro atoms. The summed E-state index contributed by atoms with van der Waals surface area (Å²) in [6, 6.07) is 0. The topological polar surface area (TPSA) is 83.8 Å². The van der Waals surface area contributed by atoms with Gasteiger partial charge in [0, 0.05) is 0 Å². The number of hydrogen-bond donors (Lipinski definition) is 3. The van der Waals surface area contributed by atoms with Gasteiger partial charge in [0.15, 0.2) is 0 Å². The van der Waals surface area contributed by atoms with Gasteiger partial charge in [0.05, 0.1) is 5.69 Å². The van der Waals surface area contributed by atoms with Gasteiger partial charge in [-0.05, 0) is 22.9 Å². The molecule has 0 aliphatic carbocycles. The zero-order chi connectivity index (χ0) is 8.43. The van der Waals surface area contributed by atoms with Gasteiger partial charge in [0.1, 0.15) is 4.47 Å². The highest BCUT2D eigenvalue weighted by atomic mass is 79.9. The van der Waals surface area contributed by atoms with E-state index in [2.05, 4.69) is 31.3 Å². The maximum absolute atomic E-state index is 11.0. The Balaban J connectivity index is 3.32. The number of aromatic nitrogens is 2. The standard InChI is InChI=1S/C5H7BrN4O/c1-2-3(6)4(11)9-5(8-2)10-7/h7H2,1H3,(H2,8,9,10,11). The van der Waals surface area contributed by atoms with Gasteiger partial charge in [-0.15, -0.1) is 0 Å². The van der Waals surface area contributed by atoms with Gasteiger partial charge < -0.3 is 0 Å². The van der Waals surface area contributed by atoms with Gasteiger partial charge in [-0.3, -0.25) is 15.2 Å². The number of nitrogen functional groups attached to an aromatic ring is 1. The first-order valence-corrected chi connectivity index (χ1v) is 3.67. The molecular weight excluding hydrogens is 212 g/mol. The van der Waals surface area contributed by atoms with E-state index >= 15 is 0 Å². The second-order valence-electron chi connectivity index (χ2n) is 1.96. The Kier molecular flexibility index (Phi) is 2.25. The molecule has 0 saturated heterocycles. The van der Waals surface area contributed by atoms with Crippen LogP contribution in [0.3, 0.4) is 0 Å². The van der Waals surface area contributed by atoms with Crippen molar-refractivity contribution in [3.63, 3.8) is 0 Å². The molecule has 1 aromatic rings. The second-order valence-corrected chi connectivity index (χ2v) is 2.75. The van der Waals surface area contributed by atoms with Gasteiger partial charge >= 0.3 is 0 Å². The van der Waals surface area contributed by atoms with Crippen LogP contribution < -0.4 is 16.8 Å². The van der Waals surface area contributed by atoms with E-state index in [9.17, 15) is 4.79 Å². The van der Waals surface area contributed by atoms with Crippen LogP contribution in [0.2, 0.25) is 0 Å². The van der Waals surface area contributed by atoms with E-state index in [-0.39, 0.29) is 11.5 Å². The summed E-state index contributed by atoms with van der Waals surface area (Å²) in [5.74, 6) is 5.30. The fourth-order valence-corrected chi connectivity index (χ4v) is 0.828. The van der Waals surface area contributed by atoms with Crippen LogP contribution in [0.4, 0.5) is 5.95 Å². The summed E-state index contributed by atoms with van der Waals surface area (Å²) in [5.41, 5.74) is 2.60. The van der Waals surface area contributed by atoms with Crippen LogP contribution in [-0.2, 0) is 0 Å². The predicted molar refractivity (Wildman–Crippen MR) is 45.1 cm³/mol. The molecule has 5 nitrogen and oxygen atoms in total. The first kappa shape index (κ1) is 8.22. The minimum absolute atomic E-state index is 0.245.